The summed E-state index contributed by atoms with van der Waals surface area (Å²) in [5, 5.41) is 3.29. The Labute approximate surface area is 124 Å². The van der Waals surface area contributed by atoms with Crippen LogP contribution in [0.25, 0.3) is 0 Å². The average Bonchev–Trinajstić information content (AvgIpc) is 3.00. The summed E-state index contributed by atoms with van der Waals surface area (Å²) in [6, 6.07) is 7.58. The van der Waals surface area contributed by atoms with Crippen LogP contribution >= 0.6 is 0 Å². The molecule has 1 aliphatic heterocycles. The number of carbonyl (C=O) groups is 1. The van der Waals surface area contributed by atoms with E-state index in [2.05, 4.69) is 10.3 Å². The van der Waals surface area contributed by atoms with E-state index >= 15 is 0 Å². The summed E-state index contributed by atoms with van der Waals surface area (Å²) in [7, 11) is 0. The number of benzene rings is 1. The maximum Gasteiger partial charge on any atom is 0.194 e. The number of nitrogens with one attached hydrogen (secondary N) is 1. The van der Waals surface area contributed by atoms with Crippen molar-refractivity contribution < 1.29 is 9.53 Å². The molecule has 0 radical (unpaired) electrons. The van der Waals surface area contributed by atoms with Crippen molar-refractivity contribution >= 4 is 11.5 Å². The standard InChI is InChI=1S/C17H18N2O2/c1-2-7-21-15-8-14(10-18-11-15)17(20)13-4-3-12-5-6-19-16(12)9-13/h3-4,8-11,19H,2,5-7H2,1H3. The van der Waals surface area contributed by atoms with Crippen LogP contribution in [0.3, 0.4) is 0 Å². The molecule has 3 rings (SSSR count). The predicted octanol–water partition coefficient (Wildman–Crippen LogP) is 3.07. The molecule has 0 bridgehead atoms. The zero-order valence-electron chi connectivity index (χ0n) is 12.1. The van der Waals surface area contributed by atoms with Crippen molar-refractivity contribution in [2.75, 3.05) is 18.5 Å². The largest absolute Gasteiger partial charge is 0.492 e. The van der Waals surface area contributed by atoms with Gasteiger partial charge in [0.05, 0.1) is 12.8 Å². The highest BCUT2D eigenvalue weighted by Gasteiger charge is 2.15. The lowest BCUT2D eigenvalue weighted by molar-refractivity contribution is 0.103. The highest BCUT2D eigenvalue weighted by Crippen LogP contribution is 2.25. The van der Waals surface area contributed by atoms with E-state index in [1.807, 2.05) is 25.1 Å². The Morgan fingerprint density at radius 3 is 3.05 bits per heavy atom. The van der Waals surface area contributed by atoms with Gasteiger partial charge in [-0.3, -0.25) is 9.78 Å². The Balaban J connectivity index is 1.84. The first kappa shape index (κ1) is 13.6. The van der Waals surface area contributed by atoms with Crippen molar-refractivity contribution in [3.8, 4) is 5.75 Å². The van der Waals surface area contributed by atoms with Crippen LogP contribution in [0.1, 0.15) is 34.8 Å². The fourth-order valence-corrected chi connectivity index (χ4v) is 2.44. The quantitative estimate of drug-likeness (QED) is 0.856. The van der Waals surface area contributed by atoms with Gasteiger partial charge in [0.25, 0.3) is 0 Å². The molecule has 1 aromatic heterocycles. The molecule has 1 N–H and O–H groups in total. The molecule has 21 heavy (non-hydrogen) atoms. The molecular weight excluding hydrogens is 264 g/mol. The van der Waals surface area contributed by atoms with Crippen LogP contribution in [-0.2, 0) is 6.42 Å². The predicted molar refractivity (Wildman–Crippen MR) is 82.1 cm³/mol. The minimum atomic E-state index is -0.0269. The van der Waals surface area contributed by atoms with E-state index < -0.39 is 0 Å². The number of ether oxygens (including phenoxy) is 1. The van der Waals surface area contributed by atoms with Crippen molar-refractivity contribution in [2.24, 2.45) is 0 Å². The number of carbonyl (C=O) groups excluding carboxylic acids is 1. The molecule has 2 heterocycles. The van der Waals surface area contributed by atoms with Gasteiger partial charge in [0.2, 0.25) is 0 Å². The Hall–Kier alpha value is -2.36. The van der Waals surface area contributed by atoms with Gasteiger partial charge in [0.15, 0.2) is 5.78 Å². The second-order valence-corrected chi connectivity index (χ2v) is 5.14. The maximum atomic E-state index is 12.5. The molecular formula is C17H18N2O2. The van der Waals surface area contributed by atoms with Gasteiger partial charge in [-0.2, -0.15) is 0 Å². The highest BCUT2D eigenvalue weighted by molar-refractivity contribution is 6.09. The molecule has 4 heteroatoms. The van der Waals surface area contributed by atoms with Crippen LogP contribution in [0, 0.1) is 0 Å². The van der Waals surface area contributed by atoms with E-state index in [1.165, 1.54) is 5.56 Å². The van der Waals surface area contributed by atoms with E-state index in [9.17, 15) is 4.79 Å². The second-order valence-electron chi connectivity index (χ2n) is 5.14. The van der Waals surface area contributed by atoms with Crippen LogP contribution in [0.5, 0.6) is 5.75 Å². The van der Waals surface area contributed by atoms with Crippen molar-refractivity contribution in [2.45, 2.75) is 19.8 Å². The van der Waals surface area contributed by atoms with E-state index in [4.69, 9.17) is 4.74 Å². The molecule has 0 atom stereocenters. The van der Waals surface area contributed by atoms with Gasteiger partial charge < -0.3 is 10.1 Å². The van der Waals surface area contributed by atoms with Crippen LogP contribution in [0.4, 0.5) is 5.69 Å². The van der Waals surface area contributed by atoms with Crippen LogP contribution in [0.2, 0.25) is 0 Å². The molecule has 0 unspecified atom stereocenters. The second kappa shape index (κ2) is 5.95. The number of aromatic nitrogens is 1. The lowest BCUT2D eigenvalue weighted by atomic mass is 10.0. The molecule has 0 aliphatic carbocycles. The molecule has 108 valence electrons. The number of anilines is 1. The molecule has 1 aliphatic rings. The summed E-state index contributed by atoms with van der Waals surface area (Å²) in [4.78, 5) is 16.6. The molecule has 0 saturated carbocycles. The summed E-state index contributed by atoms with van der Waals surface area (Å²) < 4.78 is 5.53. The van der Waals surface area contributed by atoms with Gasteiger partial charge in [-0.1, -0.05) is 19.1 Å². The molecule has 2 aromatic rings. The highest BCUT2D eigenvalue weighted by atomic mass is 16.5. The van der Waals surface area contributed by atoms with E-state index in [-0.39, 0.29) is 5.78 Å². The van der Waals surface area contributed by atoms with Crippen molar-refractivity contribution in [1.29, 1.82) is 0 Å². The van der Waals surface area contributed by atoms with E-state index in [0.717, 1.165) is 25.1 Å². The summed E-state index contributed by atoms with van der Waals surface area (Å²) >= 11 is 0. The Bertz CT molecular complexity index is 668. The van der Waals surface area contributed by atoms with E-state index in [0.29, 0.717) is 23.5 Å². The summed E-state index contributed by atoms with van der Waals surface area (Å²) in [6.45, 7) is 3.61. The van der Waals surface area contributed by atoms with Crippen LogP contribution in [0.15, 0.2) is 36.7 Å². The number of hydrogen-bond donors (Lipinski definition) is 1. The molecule has 4 nitrogen and oxygen atoms in total. The SMILES string of the molecule is CCCOc1cncc(C(=O)c2ccc3c(c2)NCC3)c1. The van der Waals surface area contributed by atoms with Gasteiger partial charge in [-0.25, -0.2) is 0 Å². The third kappa shape index (κ3) is 2.89. The summed E-state index contributed by atoms with van der Waals surface area (Å²) in [5.74, 6) is 0.614. The Morgan fingerprint density at radius 1 is 1.29 bits per heavy atom. The number of pyridine rings is 1. The van der Waals surface area contributed by atoms with Gasteiger partial charge in [0, 0.05) is 29.6 Å². The van der Waals surface area contributed by atoms with Gasteiger partial charge >= 0.3 is 0 Å². The first-order chi connectivity index (χ1) is 10.3. The zero-order chi connectivity index (χ0) is 14.7. The molecule has 0 saturated heterocycles. The average molecular weight is 282 g/mol. The summed E-state index contributed by atoms with van der Waals surface area (Å²) in [6.07, 6.45) is 5.17. The van der Waals surface area contributed by atoms with Gasteiger partial charge in [-0.15, -0.1) is 0 Å². The first-order valence-corrected chi connectivity index (χ1v) is 7.27. The molecule has 0 fully saturated rings. The normalized spacial score (nSPS) is 12.6. The molecule has 0 spiro atoms. The van der Waals surface area contributed by atoms with Crippen molar-refractivity contribution in [1.82, 2.24) is 4.98 Å². The lowest BCUT2D eigenvalue weighted by Gasteiger charge is -2.07. The maximum absolute atomic E-state index is 12.5. The monoisotopic (exact) mass is 282 g/mol. The number of hydrogen-bond acceptors (Lipinski definition) is 4. The number of ketones is 1. The topological polar surface area (TPSA) is 51.2 Å². The molecule has 0 amide bonds. The first-order valence-electron chi connectivity index (χ1n) is 7.27. The number of fused-ring (bicyclic) bond motifs is 1. The summed E-state index contributed by atoms with van der Waals surface area (Å²) in [5.41, 5.74) is 3.57. The van der Waals surface area contributed by atoms with Crippen LogP contribution < -0.4 is 10.1 Å². The number of rotatable bonds is 5. The Kier molecular flexibility index (Phi) is 3.86. The van der Waals surface area contributed by atoms with E-state index in [1.54, 1.807) is 18.5 Å². The van der Waals surface area contributed by atoms with Gasteiger partial charge in [0.1, 0.15) is 5.75 Å². The van der Waals surface area contributed by atoms with Crippen molar-refractivity contribution in [3.05, 3.63) is 53.3 Å². The third-order valence-electron chi connectivity index (χ3n) is 3.53. The number of nitrogens with zero attached hydrogens (tertiary/aromatic N) is 1. The van der Waals surface area contributed by atoms with Crippen molar-refractivity contribution in [3.63, 3.8) is 0 Å². The van der Waals surface area contributed by atoms with Crippen LogP contribution in [-0.4, -0.2) is 23.9 Å². The Morgan fingerprint density at radius 2 is 2.19 bits per heavy atom. The molecule has 1 aromatic carbocycles. The van der Waals surface area contributed by atoms with Gasteiger partial charge in [-0.05, 0) is 30.5 Å². The zero-order valence-corrected chi connectivity index (χ0v) is 12.1. The minimum absolute atomic E-state index is 0.0269. The smallest absolute Gasteiger partial charge is 0.194 e. The fraction of sp³-hybridized carbons (Fsp3) is 0.294. The lowest BCUT2D eigenvalue weighted by Crippen LogP contribution is -2.04. The fourth-order valence-electron chi connectivity index (χ4n) is 2.44. The third-order valence-corrected chi connectivity index (χ3v) is 3.53. The minimum Gasteiger partial charge on any atom is -0.492 e.